The van der Waals surface area contributed by atoms with E-state index in [1.165, 1.54) is 0 Å². The van der Waals surface area contributed by atoms with Crippen LogP contribution in [0.5, 0.6) is 0 Å². The monoisotopic (exact) mass is 236 g/mol. The van der Waals surface area contributed by atoms with Gasteiger partial charge in [-0.1, -0.05) is 0 Å². The maximum Gasteiger partial charge on any atom is 0.575 e. The van der Waals surface area contributed by atoms with E-state index in [2.05, 4.69) is 4.74 Å². The number of rotatable bonds is 4. The highest BCUT2D eigenvalue weighted by Crippen LogP contribution is 2.17. The van der Waals surface area contributed by atoms with Crippen LogP contribution >= 0.6 is 0 Å². The van der Waals surface area contributed by atoms with Gasteiger partial charge in [0.2, 0.25) is 0 Å². The number of carbonyl (C=O) groups is 1. The van der Waals surface area contributed by atoms with E-state index in [0.29, 0.717) is 0 Å². The Kier molecular flexibility index (Phi) is 4.33. The second-order valence-corrected chi connectivity index (χ2v) is 3.88. The Balaban J connectivity index is 3.77. The van der Waals surface area contributed by atoms with E-state index in [-0.39, 0.29) is 0 Å². The van der Waals surface area contributed by atoms with Gasteiger partial charge in [0.05, 0.1) is 5.75 Å². The highest BCUT2D eigenvalue weighted by molar-refractivity contribution is 7.85. The van der Waals surface area contributed by atoms with Crippen LogP contribution in [-0.2, 0) is 19.6 Å². The number of hydrogen-bond donors (Lipinski definition) is 1. The van der Waals surface area contributed by atoms with Crippen LogP contribution in [0.1, 0.15) is 12.8 Å². The summed E-state index contributed by atoms with van der Waals surface area (Å²) in [5.74, 6) is -2.36. The third-order valence-electron chi connectivity index (χ3n) is 1.01. The molecule has 0 amide bonds. The summed E-state index contributed by atoms with van der Waals surface area (Å²) in [4.78, 5) is 10.3. The number of alkyl halides is 3. The Morgan fingerprint density at radius 3 is 2.21 bits per heavy atom. The molecule has 0 atom stereocenters. The lowest BCUT2D eigenvalue weighted by Gasteiger charge is -2.05. The third kappa shape index (κ3) is 9.26. The molecule has 0 aliphatic carbocycles. The molecule has 84 valence electrons. The Hall–Kier alpha value is -0.830. The van der Waals surface area contributed by atoms with Crippen molar-refractivity contribution in [3.63, 3.8) is 0 Å². The van der Waals surface area contributed by atoms with Crippen LogP contribution in [0.15, 0.2) is 0 Å². The van der Waals surface area contributed by atoms with Crippen LogP contribution in [0.2, 0.25) is 0 Å². The average molecular weight is 236 g/mol. The van der Waals surface area contributed by atoms with Crippen molar-refractivity contribution in [2.75, 3.05) is 5.75 Å². The fourth-order valence-corrected chi connectivity index (χ4v) is 1.09. The first-order valence-corrected chi connectivity index (χ1v) is 4.95. The minimum absolute atomic E-state index is 0.423. The summed E-state index contributed by atoms with van der Waals surface area (Å²) in [6.45, 7) is 0. The zero-order valence-corrected chi connectivity index (χ0v) is 7.56. The van der Waals surface area contributed by atoms with E-state index in [9.17, 15) is 26.4 Å². The predicted octanol–water partition coefficient (Wildman–Crippen LogP) is 0.717. The summed E-state index contributed by atoms with van der Waals surface area (Å²) < 4.78 is 65.3. The largest absolute Gasteiger partial charge is 0.575 e. The van der Waals surface area contributed by atoms with Gasteiger partial charge in [-0.3, -0.25) is 9.35 Å². The zero-order valence-electron chi connectivity index (χ0n) is 6.74. The molecule has 0 aromatic carbocycles. The van der Waals surface area contributed by atoms with Gasteiger partial charge < -0.3 is 4.74 Å². The molecule has 0 aromatic rings. The van der Waals surface area contributed by atoms with Gasteiger partial charge in [0.15, 0.2) is 0 Å². The smallest absolute Gasteiger partial charge is 0.373 e. The van der Waals surface area contributed by atoms with Gasteiger partial charge in [-0.15, -0.1) is 13.2 Å². The highest BCUT2D eigenvalue weighted by atomic mass is 32.2. The molecule has 1 N–H and O–H groups in total. The van der Waals surface area contributed by atoms with Crippen molar-refractivity contribution >= 4 is 16.1 Å². The van der Waals surface area contributed by atoms with Crippen molar-refractivity contribution < 1.29 is 35.7 Å². The van der Waals surface area contributed by atoms with Crippen molar-refractivity contribution in [1.82, 2.24) is 0 Å². The van der Waals surface area contributed by atoms with E-state index in [1.807, 2.05) is 0 Å². The number of carbonyl (C=O) groups excluding carboxylic acids is 1. The van der Waals surface area contributed by atoms with Gasteiger partial charge in [-0.05, 0) is 6.42 Å². The molecule has 0 saturated heterocycles. The summed E-state index contributed by atoms with van der Waals surface area (Å²) in [5.41, 5.74) is 0. The quantitative estimate of drug-likeness (QED) is 0.574. The van der Waals surface area contributed by atoms with Gasteiger partial charge in [0, 0.05) is 6.42 Å². The normalized spacial score (nSPS) is 12.6. The molecule has 0 bridgehead atoms. The van der Waals surface area contributed by atoms with Crippen molar-refractivity contribution in [2.45, 2.75) is 19.2 Å². The summed E-state index contributed by atoms with van der Waals surface area (Å²) in [6, 6.07) is 0. The zero-order chi connectivity index (χ0) is 11.4. The maximum absolute atomic E-state index is 11.4. The second kappa shape index (κ2) is 4.60. The summed E-state index contributed by atoms with van der Waals surface area (Å²) in [5, 5.41) is 0. The van der Waals surface area contributed by atoms with Crippen molar-refractivity contribution in [2.24, 2.45) is 0 Å². The van der Waals surface area contributed by atoms with Crippen LogP contribution in [-0.4, -0.2) is 31.1 Å². The number of hydrogen-bond acceptors (Lipinski definition) is 4. The lowest BCUT2D eigenvalue weighted by Crippen LogP contribution is -2.19. The van der Waals surface area contributed by atoms with Gasteiger partial charge >= 0.3 is 12.3 Å². The van der Waals surface area contributed by atoms with Crippen LogP contribution in [0.4, 0.5) is 13.2 Å². The van der Waals surface area contributed by atoms with E-state index in [4.69, 9.17) is 4.55 Å². The molecule has 0 radical (unpaired) electrons. The van der Waals surface area contributed by atoms with Gasteiger partial charge in [-0.2, -0.15) is 8.42 Å². The standard InChI is InChI=1S/C5H7F3O5S/c6-5(7,8)13-4(9)2-1-3-14(10,11)12/h1-3H2,(H,10,11,12). The van der Waals surface area contributed by atoms with Gasteiger partial charge in [0.25, 0.3) is 10.1 Å². The lowest BCUT2D eigenvalue weighted by atomic mass is 10.3. The molecule has 5 nitrogen and oxygen atoms in total. The molecule has 0 rings (SSSR count). The highest BCUT2D eigenvalue weighted by Gasteiger charge is 2.33. The first-order chi connectivity index (χ1) is 6.10. The molecule has 0 unspecified atom stereocenters. The number of esters is 1. The minimum atomic E-state index is -5.06. The van der Waals surface area contributed by atoms with Crippen LogP contribution < -0.4 is 0 Å². The molecule has 0 aliphatic heterocycles. The fourth-order valence-electron chi connectivity index (χ4n) is 0.579. The van der Waals surface area contributed by atoms with E-state index in [1.54, 1.807) is 0 Å². The van der Waals surface area contributed by atoms with Crippen LogP contribution in [0.25, 0.3) is 0 Å². The Labute approximate surface area is 77.6 Å². The van der Waals surface area contributed by atoms with Crippen molar-refractivity contribution in [1.29, 1.82) is 0 Å². The Bertz CT molecular complexity index is 293. The van der Waals surface area contributed by atoms with Crippen molar-refractivity contribution in [3.8, 4) is 0 Å². The Morgan fingerprint density at radius 2 is 1.86 bits per heavy atom. The van der Waals surface area contributed by atoms with Gasteiger partial charge in [-0.25, -0.2) is 0 Å². The molecular weight excluding hydrogens is 229 g/mol. The third-order valence-corrected chi connectivity index (χ3v) is 1.82. The summed E-state index contributed by atoms with van der Waals surface area (Å²) >= 11 is 0. The molecule has 0 aromatic heterocycles. The van der Waals surface area contributed by atoms with E-state index in [0.717, 1.165) is 0 Å². The predicted molar refractivity (Wildman–Crippen MR) is 37.8 cm³/mol. The average Bonchev–Trinajstić information content (AvgIpc) is 1.78. The first kappa shape index (κ1) is 13.2. The molecule has 0 heterocycles. The Morgan fingerprint density at radius 1 is 1.36 bits per heavy atom. The maximum atomic E-state index is 11.4. The van der Waals surface area contributed by atoms with E-state index >= 15 is 0 Å². The molecule has 9 heteroatoms. The molecular formula is C5H7F3O5S. The van der Waals surface area contributed by atoms with Gasteiger partial charge in [0.1, 0.15) is 0 Å². The molecule has 0 spiro atoms. The molecule has 0 aliphatic rings. The van der Waals surface area contributed by atoms with E-state index < -0.39 is 41.0 Å². The fraction of sp³-hybridized carbons (Fsp3) is 0.800. The lowest BCUT2D eigenvalue weighted by molar-refractivity contribution is -0.305. The first-order valence-electron chi connectivity index (χ1n) is 3.34. The molecule has 0 saturated carbocycles. The number of ether oxygens (including phenoxy) is 1. The summed E-state index contributed by atoms with van der Waals surface area (Å²) in [6.07, 6.45) is -6.21. The van der Waals surface area contributed by atoms with Crippen molar-refractivity contribution in [3.05, 3.63) is 0 Å². The molecule has 14 heavy (non-hydrogen) atoms. The summed E-state index contributed by atoms with van der Waals surface area (Å²) in [7, 11) is -4.25. The van der Waals surface area contributed by atoms with Crippen LogP contribution in [0.3, 0.4) is 0 Å². The second-order valence-electron chi connectivity index (χ2n) is 2.31. The minimum Gasteiger partial charge on any atom is -0.373 e. The topological polar surface area (TPSA) is 80.7 Å². The number of halogens is 3. The van der Waals surface area contributed by atoms with Crippen LogP contribution in [0, 0.1) is 0 Å². The molecule has 0 fully saturated rings. The SMILES string of the molecule is O=C(CCCS(=O)(=O)O)OC(F)(F)F.